The minimum atomic E-state index is -0.289. The summed E-state index contributed by atoms with van der Waals surface area (Å²) in [5.41, 5.74) is 6.51. The summed E-state index contributed by atoms with van der Waals surface area (Å²) < 4.78 is 13.7. The van der Waals surface area contributed by atoms with Crippen LogP contribution < -0.4 is 10.6 Å². The molecule has 0 bridgehead atoms. The van der Waals surface area contributed by atoms with Gasteiger partial charge in [0.25, 0.3) is 0 Å². The van der Waals surface area contributed by atoms with Crippen molar-refractivity contribution in [1.82, 2.24) is 15.2 Å². The monoisotopic (exact) mass is 353 g/mol. The molecule has 3 N–H and O–H groups in total. The summed E-state index contributed by atoms with van der Waals surface area (Å²) in [6, 6.07) is 4.79. The van der Waals surface area contributed by atoms with Crippen LogP contribution in [0.5, 0.6) is 0 Å². The van der Waals surface area contributed by atoms with Crippen LogP contribution in [0.2, 0.25) is 0 Å². The van der Waals surface area contributed by atoms with Crippen molar-refractivity contribution in [1.29, 1.82) is 0 Å². The number of piperidine rings is 1. The second-order valence-electron chi connectivity index (χ2n) is 5.28. The van der Waals surface area contributed by atoms with Gasteiger partial charge in [0.1, 0.15) is 5.82 Å². The lowest BCUT2D eigenvalue weighted by Crippen LogP contribution is -2.36. The van der Waals surface area contributed by atoms with Gasteiger partial charge in [0.2, 0.25) is 5.95 Å². The fourth-order valence-electron chi connectivity index (χ4n) is 2.54. The van der Waals surface area contributed by atoms with E-state index in [2.05, 4.69) is 36.0 Å². The molecule has 21 heavy (non-hydrogen) atoms. The molecule has 2 heterocycles. The Morgan fingerprint density at radius 2 is 2.14 bits per heavy atom. The molecule has 0 aliphatic carbocycles. The lowest BCUT2D eigenvalue weighted by Gasteiger charge is -2.30. The van der Waals surface area contributed by atoms with Gasteiger partial charge in [-0.15, -0.1) is 5.10 Å². The number of aromatic amines is 1. The molecule has 1 saturated heterocycles. The van der Waals surface area contributed by atoms with Crippen LogP contribution in [-0.4, -0.2) is 34.8 Å². The Balaban J connectivity index is 1.76. The van der Waals surface area contributed by atoms with Gasteiger partial charge in [-0.25, -0.2) is 4.39 Å². The van der Waals surface area contributed by atoms with Gasteiger partial charge in [-0.3, -0.25) is 5.10 Å². The molecule has 7 heteroatoms. The van der Waals surface area contributed by atoms with Crippen molar-refractivity contribution in [3.05, 3.63) is 28.5 Å². The van der Waals surface area contributed by atoms with E-state index < -0.39 is 0 Å². The predicted octanol–water partition coefficient (Wildman–Crippen LogP) is 2.55. The van der Waals surface area contributed by atoms with Crippen molar-refractivity contribution in [3.63, 3.8) is 0 Å². The summed E-state index contributed by atoms with van der Waals surface area (Å²) in [6.45, 7) is 2.59. The quantitative estimate of drug-likeness (QED) is 0.889. The van der Waals surface area contributed by atoms with Crippen molar-refractivity contribution in [2.75, 3.05) is 24.5 Å². The molecule has 0 atom stereocenters. The molecule has 112 valence electrons. The van der Waals surface area contributed by atoms with Crippen molar-refractivity contribution >= 4 is 21.9 Å². The van der Waals surface area contributed by atoms with Gasteiger partial charge < -0.3 is 10.6 Å². The molecule has 1 aromatic carbocycles. The standard InChI is InChI=1S/C14H17BrFN5/c15-11-7-10(1-2-12(11)16)13-18-14(20-19-13)21-5-3-9(8-17)4-6-21/h1-2,7,9H,3-6,8,17H2,(H,18,19,20). The number of nitrogens with zero attached hydrogens (tertiary/aromatic N) is 3. The highest BCUT2D eigenvalue weighted by molar-refractivity contribution is 9.10. The lowest BCUT2D eigenvalue weighted by atomic mass is 9.97. The van der Waals surface area contributed by atoms with E-state index in [0.29, 0.717) is 22.2 Å². The highest BCUT2D eigenvalue weighted by Gasteiger charge is 2.21. The van der Waals surface area contributed by atoms with Gasteiger partial charge in [-0.05, 0) is 59.4 Å². The molecule has 0 spiro atoms. The van der Waals surface area contributed by atoms with E-state index in [9.17, 15) is 4.39 Å². The van der Waals surface area contributed by atoms with Crippen molar-refractivity contribution in [3.8, 4) is 11.4 Å². The number of hydrogen-bond donors (Lipinski definition) is 2. The van der Waals surface area contributed by atoms with Crippen LogP contribution in [0.25, 0.3) is 11.4 Å². The SMILES string of the molecule is NCC1CCN(c2n[nH]c(-c3ccc(F)c(Br)c3)n2)CC1. The lowest BCUT2D eigenvalue weighted by molar-refractivity contribution is 0.411. The Labute approximate surface area is 130 Å². The van der Waals surface area contributed by atoms with E-state index in [0.717, 1.165) is 38.0 Å². The third kappa shape index (κ3) is 3.08. The molecule has 1 fully saturated rings. The van der Waals surface area contributed by atoms with E-state index in [1.165, 1.54) is 6.07 Å². The maximum atomic E-state index is 13.3. The predicted molar refractivity (Wildman–Crippen MR) is 83.5 cm³/mol. The van der Waals surface area contributed by atoms with Gasteiger partial charge in [0.15, 0.2) is 5.82 Å². The largest absolute Gasteiger partial charge is 0.340 e. The van der Waals surface area contributed by atoms with E-state index in [1.807, 2.05) is 0 Å². The summed E-state index contributed by atoms with van der Waals surface area (Å²) >= 11 is 3.18. The van der Waals surface area contributed by atoms with Gasteiger partial charge in [0, 0.05) is 18.7 Å². The minimum Gasteiger partial charge on any atom is -0.340 e. The summed E-state index contributed by atoms with van der Waals surface area (Å²) in [5.74, 6) is 1.66. The number of anilines is 1. The number of H-pyrrole nitrogens is 1. The van der Waals surface area contributed by atoms with Crippen LogP contribution in [0.3, 0.4) is 0 Å². The molecule has 0 amide bonds. The number of rotatable bonds is 3. The molecule has 5 nitrogen and oxygen atoms in total. The van der Waals surface area contributed by atoms with Gasteiger partial charge in [0.05, 0.1) is 4.47 Å². The number of hydrogen-bond acceptors (Lipinski definition) is 4. The third-order valence-electron chi connectivity index (χ3n) is 3.90. The number of nitrogens with one attached hydrogen (secondary N) is 1. The summed E-state index contributed by atoms with van der Waals surface area (Å²) in [4.78, 5) is 6.67. The number of benzene rings is 1. The molecule has 0 radical (unpaired) electrons. The first-order chi connectivity index (χ1) is 10.2. The zero-order chi connectivity index (χ0) is 14.8. The van der Waals surface area contributed by atoms with E-state index in [-0.39, 0.29) is 5.82 Å². The number of aromatic nitrogens is 3. The minimum absolute atomic E-state index is 0.289. The topological polar surface area (TPSA) is 70.8 Å². The smallest absolute Gasteiger partial charge is 0.245 e. The molecule has 0 saturated carbocycles. The normalized spacial score (nSPS) is 16.4. The molecule has 3 rings (SSSR count). The number of nitrogens with two attached hydrogens (primary N) is 1. The van der Waals surface area contributed by atoms with Crippen molar-refractivity contribution < 1.29 is 4.39 Å². The fraction of sp³-hybridized carbons (Fsp3) is 0.429. The summed E-state index contributed by atoms with van der Waals surface area (Å²) in [6.07, 6.45) is 2.14. The van der Waals surface area contributed by atoms with Crippen LogP contribution in [0, 0.1) is 11.7 Å². The Hall–Kier alpha value is -1.47. The molecule has 2 aromatic rings. The number of halogens is 2. The Morgan fingerprint density at radius 3 is 2.81 bits per heavy atom. The van der Waals surface area contributed by atoms with Crippen LogP contribution in [-0.2, 0) is 0 Å². The van der Waals surface area contributed by atoms with Gasteiger partial charge >= 0.3 is 0 Å². The van der Waals surface area contributed by atoms with E-state index in [1.54, 1.807) is 12.1 Å². The third-order valence-corrected chi connectivity index (χ3v) is 4.51. The van der Waals surface area contributed by atoms with Gasteiger partial charge in [-0.2, -0.15) is 4.98 Å². The van der Waals surface area contributed by atoms with Crippen LogP contribution in [0.1, 0.15) is 12.8 Å². The molecular formula is C14H17BrFN5. The average Bonchev–Trinajstić information content (AvgIpc) is 3.00. The maximum Gasteiger partial charge on any atom is 0.245 e. The molecule has 0 unspecified atom stereocenters. The highest BCUT2D eigenvalue weighted by atomic mass is 79.9. The maximum absolute atomic E-state index is 13.3. The fourth-order valence-corrected chi connectivity index (χ4v) is 2.91. The van der Waals surface area contributed by atoms with Crippen molar-refractivity contribution in [2.24, 2.45) is 11.7 Å². The summed E-state index contributed by atoms with van der Waals surface area (Å²) in [5, 5.41) is 7.19. The molecule has 1 aliphatic heterocycles. The first-order valence-electron chi connectivity index (χ1n) is 7.00. The van der Waals surface area contributed by atoms with Crippen molar-refractivity contribution in [2.45, 2.75) is 12.8 Å². The second-order valence-corrected chi connectivity index (χ2v) is 6.13. The Morgan fingerprint density at radius 1 is 1.38 bits per heavy atom. The first kappa shape index (κ1) is 14.5. The Bertz CT molecular complexity index is 622. The zero-order valence-electron chi connectivity index (χ0n) is 11.5. The van der Waals surface area contributed by atoms with Crippen LogP contribution in [0.4, 0.5) is 10.3 Å². The summed E-state index contributed by atoms with van der Waals surface area (Å²) in [7, 11) is 0. The van der Waals surface area contributed by atoms with Crippen LogP contribution in [0.15, 0.2) is 22.7 Å². The molecule has 1 aliphatic rings. The van der Waals surface area contributed by atoms with Crippen LogP contribution >= 0.6 is 15.9 Å². The average molecular weight is 354 g/mol. The van der Waals surface area contributed by atoms with E-state index >= 15 is 0 Å². The Kier molecular flexibility index (Phi) is 4.21. The van der Waals surface area contributed by atoms with Gasteiger partial charge in [-0.1, -0.05) is 0 Å². The molecule has 1 aromatic heterocycles. The highest BCUT2D eigenvalue weighted by Crippen LogP contribution is 2.25. The van der Waals surface area contributed by atoms with E-state index in [4.69, 9.17) is 5.73 Å². The second kappa shape index (κ2) is 6.11. The molecular weight excluding hydrogens is 337 g/mol. The zero-order valence-corrected chi connectivity index (χ0v) is 13.1. The first-order valence-corrected chi connectivity index (χ1v) is 7.79.